The van der Waals surface area contributed by atoms with Gasteiger partial charge in [-0.1, -0.05) is 53.2 Å². The van der Waals surface area contributed by atoms with Crippen molar-refractivity contribution in [1.82, 2.24) is 10.1 Å². The second-order valence-electron chi connectivity index (χ2n) is 7.33. The molecule has 0 spiro atoms. The number of hydrogen-bond acceptors (Lipinski definition) is 5. The van der Waals surface area contributed by atoms with E-state index in [1.807, 2.05) is 6.07 Å². The van der Waals surface area contributed by atoms with Crippen LogP contribution in [-0.4, -0.2) is 42.7 Å². The van der Waals surface area contributed by atoms with E-state index in [9.17, 15) is 13.2 Å². The lowest BCUT2D eigenvalue weighted by atomic mass is 10.0. The molecule has 1 unspecified atom stereocenters. The molecule has 6 nitrogen and oxygen atoms in total. The maximum Gasteiger partial charge on any atom is 0.260 e. The van der Waals surface area contributed by atoms with E-state index in [1.165, 1.54) is 0 Å². The first-order valence-electron chi connectivity index (χ1n) is 9.68. The van der Waals surface area contributed by atoms with E-state index in [2.05, 4.69) is 5.16 Å². The number of rotatable bonds is 5. The Morgan fingerprint density at radius 3 is 2.60 bits per heavy atom. The molecule has 1 atom stereocenters. The van der Waals surface area contributed by atoms with Crippen molar-refractivity contribution in [3.05, 3.63) is 70.9 Å². The normalized spacial score (nSPS) is 16.7. The van der Waals surface area contributed by atoms with Crippen LogP contribution < -0.4 is 0 Å². The van der Waals surface area contributed by atoms with Gasteiger partial charge in [0, 0.05) is 18.2 Å². The minimum Gasteiger partial charge on any atom is -0.360 e. The number of halogens is 1. The van der Waals surface area contributed by atoms with Gasteiger partial charge in [-0.3, -0.25) is 4.79 Å². The molecule has 0 saturated carbocycles. The first-order chi connectivity index (χ1) is 14.4. The minimum atomic E-state index is -3.51. The molecule has 0 bridgehead atoms. The third-order valence-corrected chi connectivity index (χ3v) is 7.50. The highest BCUT2D eigenvalue weighted by molar-refractivity contribution is 7.91. The Bertz CT molecular complexity index is 1170. The van der Waals surface area contributed by atoms with E-state index >= 15 is 0 Å². The summed E-state index contributed by atoms with van der Waals surface area (Å²) in [5.41, 5.74) is 1.30. The number of benzene rings is 2. The Morgan fingerprint density at radius 2 is 1.87 bits per heavy atom. The van der Waals surface area contributed by atoms with E-state index in [0.29, 0.717) is 40.6 Å². The average Bonchev–Trinajstić information content (AvgIpc) is 3.35. The summed E-state index contributed by atoms with van der Waals surface area (Å²) in [7, 11) is -3.51. The van der Waals surface area contributed by atoms with Crippen LogP contribution >= 0.6 is 11.6 Å². The monoisotopic (exact) mass is 444 g/mol. The predicted molar refractivity (Wildman–Crippen MR) is 114 cm³/mol. The van der Waals surface area contributed by atoms with Gasteiger partial charge < -0.3 is 9.42 Å². The van der Waals surface area contributed by atoms with Crippen LogP contribution in [0.5, 0.6) is 0 Å². The predicted octanol–water partition coefficient (Wildman–Crippen LogP) is 4.38. The van der Waals surface area contributed by atoms with Crippen molar-refractivity contribution >= 4 is 27.3 Å². The van der Waals surface area contributed by atoms with Crippen LogP contribution in [0.25, 0.3) is 11.3 Å². The van der Waals surface area contributed by atoms with Gasteiger partial charge in [-0.15, -0.1) is 0 Å². The molecule has 2 heterocycles. The van der Waals surface area contributed by atoms with Gasteiger partial charge in [-0.2, -0.15) is 0 Å². The molecular formula is C22H21ClN2O4S. The number of sulfone groups is 1. The van der Waals surface area contributed by atoms with Crippen LogP contribution in [0.3, 0.4) is 0 Å². The molecule has 1 amide bonds. The minimum absolute atomic E-state index is 0.117. The van der Waals surface area contributed by atoms with E-state index in [1.54, 1.807) is 60.4 Å². The second kappa shape index (κ2) is 8.24. The van der Waals surface area contributed by atoms with Crippen molar-refractivity contribution in [2.75, 3.05) is 12.3 Å². The van der Waals surface area contributed by atoms with Crippen LogP contribution in [-0.2, 0) is 9.84 Å². The fourth-order valence-electron chi connectivity index (χ4n) is 3.86. The van der Waals surface area contributed by atoms with Crippen molar-refractivity contribution in [2.24, 2.45) is 0 Å². The lowest BCUT2D eigenvalue weighted by Crippen LogP contribution is -2.40. The molecule has 0 radical (unpaired) electrons. The summed E-state index contributed by atoms with van der Waals surface area (Å²) >= 11 is 6.30. The van der Waals surface area contributed by atoms with Crippen molar-refractivity contribution in [3.8, 4) is 11.3 Å². The molecule has 1 fully saturated rings. The summed E-state index contributed by atoms with van der Waals surface area (Å²) in [6, 6.07) is 15.0. The molecule has 4 rings (SSSR count). The lowest BCUT2D eigenvalue weighted by Gasteiger charge is -2.24. The number of aryl methyl sites for hydroxylation is 1. The number of hydrogen-bond donors (Lipinski definition) is 0. The number of carbonyl (C=O) groups is 1. The number of likely N-dealkylation sites (tertiary alicyclic amines) is 1. The maximum atomic E-state index is 13.5. The number of nitrogens with zero attached hydrogens (tertiary/aromatic N) is 2. The zero-order valence-corrected chi connectivity index (χ0v) is 18.0. The maximum absolute atomic E-state index is 13.5. The highest BCUT2D eigenvalue weighted by atomic mass is 35.5. The summed E-state index contributed by atoms with van der Waals surface area (Å²) < 4.78 is 31.0. The zero-order valence-electron chi connectivity index (χ0n) is 16.4. The smallest absolute Gasteiger partial charge is 0.260 e. The van der Waals surface area contributed by atoms with Gasteiger partial charge in [-0.05, 0) is 38.0 Å². The largest absolute Gasteiger partial charge is 0.360 e. The number of aromatic nitrogens is 1. The van der Waals surface area contributed by atoms with E-state index in [-0.39, 0.29) is 16.6 Å². The summed E-state index contributed by atoms with van der Waals surface area (Å²) in [6.07, 6.45) is 1.37. The SMILES string of the molecule is Cc1onc(-c2ccccc2Cl)c1C(=O)N1CCCC1CS(=O)(=O)c1ccccc1. The van der Waals surface area contributed by atoms with Crippen molar-refractivity contribution < 1.29 is 17.7 Å². The molecule has 2 aromatic carbocycles. The fourth-order valence-corrected chi connectivity index (χ4v) is 5.70. The molecule has 156 valence electrons. The molecule has 0 aliphatic carbocycles. The van der Waals surface area contributed by atoms with Crippen LogP contribution in [0.1, 0.15) is 29.0 Å². The van der Waals surface area contributed by atoms with Crippen LogP contribution in [0.15, 0.2) is 64.0 Å². The van der Waals surface area contributed by atoms with Crippen molar-refractivity contribution in [2.45, 2.75) is 30.7 Å². The fraction of sp³-hybridized carbons (Fsp3) is 0.273. The summed E-state index contributed by atoms with van der Waals surface area (Å²) in [5.74, 6) is -0.0185. The van der Waals surface area contributed by atoms with Crippen LogP contribution in [0.4, 0.5) is 0 Å². The van der Waals surface area contributed by atoms with Crippen molar-refractivity contribution in [1.29, 1.82) is 0 Å². The molecule has 1 aliphatic heterocycles. The summed E-state index contributed by atoms with van der Waals surface area (Å²) in [6.45, 7) is 2.16. The van der Waals surface area contributed by atoms with Crippen LogP contribution in [0, 0.1) is 6.92 Å². The Labute approximate surface area is 180 Å². The molecule has 1 saturated heterocycles. The molecular weight excluding hydrogens is 424 g/mol. The molecule has 1 aromatic heterocycles. The highest BCUT2D eigenvalue weighted by Gasteiger charge is 2.36. The third-order valence-electron chi connectivity index (χ3n) is 5.36. The average molecular weight is 445 g/mol. The molecule has 0 N–H and O–H groups in total. The summed E-state index contributed by atoms with van der Waals surface area (Å²) in [5, 5.41) is 4.52. The van der Waals surface area contributed by atoms with E-state index < -0.39 is 15.9 Å². The van der Waals surface area contributed by atoms with Gasteiger partial charge >= 0.3 is 0 Å². The van der Waals surface area contributed by atoms with Crippen molar-refractivity contribution in [3.63, 3.8) is 0 Å². The number of amides is 1. The first-order valence-corrected chi connectivity index (χ1v) is 11.7. The van der Waals surface area contributed by atoms with Gasteiger partial charge in [0.05, 0.1) is 15.7 Å². The third kappa shape index (κ3) is 3.87. The topological polar surface area (TPSA) is 80.5 Å². The van der Waals surface area contributed by atoms with E-state index in [0.717, 1.165) is 6.42 Å². The Balaban J connectivity index is 1.64. The first kappa shape index (κ1) is 20.6. The molecule has 8 heteroatoms. The van der Waals surface area contributed by atoms with Gasteiger partial charge in [-0.25, -0.2) is 8.42 Å². The Kier molecular flexibility index (Phi) is 5.66. The Hall–Kier alpha value is -2.64. The Morgan fingerprint density at radius 1 is 1.17 bits per heavy atom. The van der Waals surface area contributed by atoms with Gasteiger partial charge in [0.2, 0.25) is 0 Å². The molecule has 1 aliphatic rings. The zero-order chi connectivity index (χ0) is 21.3. The van der Waals surface area contributed by atoms with Gasteiger partial charge in [0.25, 0.3) is 5.91 Å². The highest BCUT2D eigenvalue weighted by Crippen LogP contribution is 2.33. The van der Waals surface area contributed by atoms with Crippen LogP contribution in [0.2, 0.25) is 5.02 Å². The quantitative estimate of drug-likeness (QED) is 0.583. The van der Waals surface area contributed by atoms with Gasteiger partial charge in [0.15, 0.2) is 9.84 Å². The standard InChI is InChI=1S/C22H21ClN2O4S/c1-15-20(21(24-29-15)18-11-5-6-12-19(18)23)22(26)25-13-7-8-16(25)14-30(27,28)17-9-3-2-4-10-17/h2-6,9-12,16H,7-8,13-14H2,1H3. The van der Waals surface area contributed by atoms with E-state index in [4.69, 9.17) is 16.1 Å². The molecule has 30 heavy (non-hydrogen) atoms. The summed E-state index contributed by atoms with van der Waals surface area (Å²) in [4.78, 5) is 15.3. The number of carbonyl (C=O) groups excluding carboxylic acids is 1. The molecule has 3 aromatic rings. The van der Waals surface area contributed by atoms with Gasteiger partial charge in [0.1, 0.15) is 17.0 Å². The second-order valence-corrected chi connectivity index (χ2v) is 9.77. The lowest BCUT2D eigenvalue weighted by molar-refractivity contribution is 0.0748.